The van der Waals surface area contributed by atoms with Gasteiger partial charge in [-0.2, -0.15) is 0 Å². The molecule has 3 rings (SSSR count). The Morgan fingerprint density at radius 1 is 0.739 bits per heavy atom. The maximum Gasteiger partial charge on any atom is 0.343 e. The fraction of sp³-hybridized carbons (Fsp3) is 0. The Kier molecular flexibility index (Phi) is 4.29. The number of benzene rings is 3. The molecule has 0 heterocycles. The fourth-order valence-electron chi connectivity index (χ4n) is 2.26. The van der Waals surface area contributed by atoms with Crippen molar-refractivity contribution in [1.29, 1.82) is 0 Å². The molecule has 0 radical (unpaired) electrons. The van der Waals surface area contributed by atoms with Gasteiger partial charge in [-0.25, -0.2) is 4.79 Å². The molecule has 3 heteroatoms. The topological polar surface area (TPSA) is 43.4 Å². The molecule has 0 atom stereocenters. The molecule has 3 aromatic rings. The van der Waals surface area contributed by atoms with E-state index in [2.05, 4.69) is 0 Å². The molecule has 0 bridgehead atoms. The second-order valence-corrected chi connectivity index (χ2v) is 4.99. The molecule has 23 heavy (non-hydrogen) atoms. The number of carbonyl (C=O) groups is 2. The smallest absolute Gasteiger partial charge is 0.343 e. The lowest BCUT2D eigenvalue weighted by Crippen LogP contribution is -2.09. The third kappa shape index (κ3) is 3.35. The van der Waals surface area contributed by atoms with Crippen LogP contribution in [-0.2, 0) is 0 Å². The number of aldehydes is 1. The van der Waals surface area contributed by atoms with Crippen LogP contribution in [0.25, 0.3) is 11.1 Å². The maximum atomic E-state index is 12.2. The first kappa shape index (κ1) is 14.7. The first-order valence-corrected chi connectivity index (χ1v) is 7.20. The van der Waals surface area contributed by atoms with E-state index in [0.717, 1.165) is 11.1 Å². The predicted octanol–water partition coefficient (Wildman–Crippen LogP) is 4.39. The molecular formula is C20H14O3. The Morgan fingerprint density at radius 2 is 1.35 bits per heavy atom. The summed E-state index contributed by atoms with van der Waals surface area (Å²) in [5.74, 6) is -0.224. The highest BCUT2D eigenvalue weighted by molar-refractivity contribution is 5.93. The summed E-state index contributed by atoms with van der Waals surface area (Å²) in [6.07, 6.45) is 0.668. The van der Waals surface area contributed by atoms with Crippen LogP contribution in [-0.4, -0.2) is 12.3 Å². The summed E-state index contributed by atoms with van der Waals surface area (Å²) in [6.45, 7) is 0. The Hall–Kier alpha value is -3.20. The van der Waals surface area contributed by atoms with E-state index in [4.69, 9.17) is 4.74 Å². The number of esters is 1. The first-order valence-electron chi connectivity index (χ1n) is 7.20. The fourth-order valence-corrected chi connectivity index (χ4v) is 2.26. The molecule has 0 N–H and O–H groups in total. The molecule has 0 spiro atoms. The van der Waals surface area contributed by atoms with Gasteiger partial charge in [0, 0.05) is 0 Å². The van der Waals surface area contributed by atoms with Crippen molar-refractivity contribution in [1.82, 2.24) is 0 Å². The highest BCUT2D eigenvalue weighted by atomic mass is 16.5. The van der Waals surface area contributed by atoms with Crippen LogP contribution in [0.2, 0.25) is 0 Å². The number of hydrogen-bond acceptors (Lipinski definition) is 3. The molecule has 0 amide bonds. The largest absolute Gasteiger partial charge is 0.422 e. The highest BCUT2D eigenvalue weighted by Gasteiger charge is 2.11. The molecule has 0 aliphatic heterocycles. The van der Waals surface area contributed by atoms with Gasteiger partial charge >= 0.3 is 5.97 Å². The van der Waals surface area contributed by atoms with Crippen molar-refractivity contribution in [2.45, 2.75) is 0 Å². The molecule has 0 aromatic heterocycles. The van der Waals surface area contributed by atoms with E-state index in [1.807, 2.05) is 42.5 Å². The predicted molar refractivity (Wildman–Crippen MR) is 88.7 cm³/mol. The Labute approximate surface area is 134 Å². The zero-order valence-electron chi connectivity index (χ0n) is 12.3. The van der Waals surface area contributed by atoms with Crippen LogP contribution in [0, 0.1) is 0 Å². The van der Waals surface area contributed by atoms with Crippen LogP contribution >= 0.6 is 0 Å². The van der Waals surface area contributed by atoms with Crippen molar-refractivity contribution in [3.63, 3.8) is 0 Å². The molecule has 0 aliphatic rings. The van der Waals surface area contributed by atoms with Crippen LogP contribution in [0.4, 0.5) is 0 Å². The summed E-state index contributed by atoms with van der Waals surface area (Å²) in [6, 6.07) is 23.7. The van der Waals surface area contributed by atoms with Gasteiger partial charge < -0.3 is 4.74 Å². The number of carbonyl (C=O) groups excluding carboxylic acids is 2. The van der Waals surface area contributed by atoms with Gasteiger partial charge in [0.25, 0.3) is 0 Å². The number of rotatable bonds is 4. The van der Waals surface area contributed by atoms with Gasteiger partial charge in [-0.1, -0.05) is 54.6 Å². The van der Waals surface area contributed by atoms with E-state index in [1.165, 1.54) is 0 Å². The summed E-state index contributed by atoms with van der Waals surface area (Å²) in [4.78, 5) is 23.1. The molecule has 112 valence electrons. The lowest BCUT2D eigenvalue weighted by Gasteiger charge is -2.07. The summed E-state index contributed by atoms with van der Waals surface area (Å²) in [5, 5.41) is 0. The van der Waals surface area contributed by atoms with Gasteiger partial charge in [0.1, 0.15) is 5.75 Å². The van der Waals surface area contributed by atoms with Gasteiger partial charge in [-0.15, -0.1) is 0 Å². The standard InChI is InChI=1S/C20H14O3/c21-14-18-8-4-5-9-19(18)23-20(22)17-12-10-16(11-13-17)15-6-2-1-3-7-15/h1-14H. The van der Waals surface area contributed by atoms with Gasteiger partial charge in [-0.05, 0) is 35.4 Å². The quantitative estimate of drug-likeness (QED) is 0.408. The average molecular weight is 302 g/mol. The molecule has 0 aliphatic carbocycles. The minimum absolute atomic E-state index is 0.264. The Balaban J connectivity index is 1.79. The summed E-state index contributed by atoms with van der Waals surface area (Å²) < 4.78 is 5.30. The van der Waals surface area contributed by atoms with E-state index < -0.39 is 5.97 Å². The van der Waals surface area contributed by atoms with E-state index in [0.29, 0.717) is 17.4 Å². The highest BCUT2D eigenvalue weighted by Crippen LogP contribution is 2.21. The van der Waals surface area contributed by atoms with Crippen LogP contribution in [0.3, 0.4) is 0 Å². The van der Waals surface area contributed by atoms with Crippen molar-refractivity contribution in [3.05, 3.63) is 90.0 Å². The van der Waals surface area contributed by atoms with Gasteiger partial charge in [0.05, 0.1) is 11.1 Å². The van der Waals surface area contributed by atoms with Crippen molar-refractivity contribution >= 4 is 12.3 Å². The van der Waals surface area contributed by atoms with Crippen molar-refractivity contribution < 1.29 is 14.3 Å². The molecule has 3 aromatic carbocycles. The molecule has 0 saturated carbocycles. The second-order valence-electron chi connectivity index (χ2n) is 4.99. The van der Waals surface area contributed by atoms with Gasteiger partial charge in [0.15, 0.2) is 6.29 Å². The monoisotopic (exact) mass is 302 g/mol. The minimum atomic E-state index is -0.487. The molecular weight excluding hydrogens is 288 g/mol. The van der Waals surface area contributed by atoms with E-state index in [1.54, 1.807) is 36.4 Å². The van der Waals surface area contributed by atoms with Crippen molar-refractivity contribution in [2.24, 2.45) is 0 Å². The molecule has 0 saturated heterocycles. The van der Waals surface area contributed by atoms with Gasteiger partial charge in [-0.3, -0.25) is 4.79 Å². The average Bonchev–Trinajstić information content (AvgIpc) is 2.63. The lowest BCUT2D eigenvalue weighted by atomic mass is 10.0. The van der Waals surface area contributed by atoms with E-state index in [9.17, 15) is 9.59 Å². The first-order chi connectivity index (χ1) is 11.3. The summed E-state index contributed by atoms with van der Waals surface area (Å²) in [5.41, 5.74) is 2.89. The second kappa shape index (κ2) is 6.71. The SMILES string of the molecule is O=Cc1ccccc1OC(=O)c1ccc(-c2ccccc2)cc1. The van der Waals surface area contributed by atoms with E-state index >= 15 is 0 Å². The van der Waals surface area contributed by atoms with Crippen molar-refractivity contribution in [2.75, 3.05) is 0 Å². The number of ether oxygens (including phenoxy) is 1. The summed E-state index contributed by atoms with van der Waals surface area (Å²) >= 11 is 0. The third-order valence-electron chi connectivity index (χ3n) is 3.48. The third-order valence-corrected chi connectivity index (χ3v) is 3.48. The van der Waals surface area contributed by atoms with Crippen molar-refractivity contribution in [3.8, 4) is 16.9 Å². The van der Waals surface area contributed by atoms with Gasteiger partial charge in [0.2, 0.25) is 0 Å². The lowest BCUT2D eigenvalue weighted by molar-refractivity contribution is 0.0733. The molecule has 0 unspecified atom stereocenters. The maximum absolute atomic E-state index is 12.2. The molecule has 3 nitrogen and oxygen atoms in total. The zero-order valence-corrected chi connectivity index (χ0v) is 12.3. The summed E-state index contributed by atoms with van der Waals surface area (Å²) in [7, 11) is 0. The van der Waals surface area contributed by atoms with Crippen LogP contribution in [0.5, 0.6) is 5.75 Å². The van der Waals surface area contributed by atoms with Crippen LogP contribution in [0.1, 0.15) is 20.7 Å². The van der Waals surface area contributed by atoms with Crippen LogP contribution in [0.15, 0.2) is 78.9 Å². The molecule has 0 fully saturated rings. The van der Waals surface area contributed by atoms with E-state index in [-0.39, 0.29) is 5.75 Å². The zero-order chi connectivity index (χ0) is 16.1. The van der Waals surface area contributed by atoms with Crippen LogP contribution < -0.4 is 4.74 Å². The Bertz CT molecular complexity index is 821. The number of para-hydroxylation sites is 1. The normalized spacial score (nSPS) is 10.1. The number of hydrogen-bond donors (Lipinski definition) is 0. The Morgan fingerprint density at radius 3 is 2.04 bits per heavy atom. The minimum Gasteiger partial charge on any atom is -0.422 e.